The Morgan fingerprint density at radius 2 is 2.29 bits per heavy atom. The Morgan fingerprint density at radius 3 is 3.06 bits per heavy atom. The highest BCUT2D eigenvalue weighted by Gasteiger charge is 2.37. The third-order valence-corrected chi connectivity index (χ3v) is 3.85. The van der Waals surface area contributed by atoms with Gasteiger partial charge in [0.2, 0.25) is 0 Å². The van der Waals surface area contributed by atoms with Gasteiger partial charge in [0.1, 0.15) is 6.61 Å². The van der Waals surface area contributed by atoms with Crippen LogP contribution >= 0.6 is 0 Å². The number of hydrogen-bond donors (Lipinski definition) is 0. The number of hydrogen-bond acceptors (Lipinski definition) is 3. The molecule has 3 heteroatoms. The lowest BCUT2D eigenvalue weighted by atomic mass is 10.0. The van der Waals surface area contributed by atoms with Gasteiger partial charge in [-0.05, 0) is 24.3 Å². The largest absolute Gasteiger partial charge is 0.487 e. The molecule has 1 saturated heterocycles. The van der Waals surface area contributed by atoms with Crippen molar-refractivity contribution in [2.45, 2.75) is 39.2 Å². The molecule has 2 aliphatic rings. The number of aromatic nitrogens is 1. The van der Waals surface area contributed by atoms with Crippen LogP contribution in [0.25, 0.3) is 0 Å². The van der Waals surface area contributed by atoms with Crippen LogP contribution in [0.2, 0.25) is 0 Å². The van der Waals surface area contributed by atoms with E-state index in [1.165, 1.54) is 12.0 Å². The van der Waals surface area contributed by atoms with Crippen molar-refractivity contribution in [2.24, 2.45) is 5.92 Å². The summed E-state index contributed by atoms with van der Waals surface area (Å²) in [7, 11) is 0. The van der Waals surface area contributed by atoms with Crippen LogP contribution in [0.1, 0.15) is 38.7 Å². The minimum Gasteiger partial charge on any atom is -0.487 e. The maximum Gasteiger partial charge on any atom is 0.172 e. The molecule has 17 heavy (non-hydrogen) atoms. The molecule has 1 aromatic heterocycles. The van der Waals surface area contributed by atoms with Crippen molar-refractivity contribution in [1.29, 1.82) is 0 Å². The third-order valence-electron chi connectivity index (χ3n) is 3.85. The van der Waals surface area contributed by atoms with Gasteiger partial charge in [0.15, 0.2) is 11.6 Å². The van der Waals surface area contributed by atoms with Crippen molar-refractivity contribution in [3.63, 3.8) is 0 Å². The Hall–Kier alpha value is -1.25. The minimum absolute atomic E-state index is 0.489. The average molecular weight is 232 g/mol. The molecule has 1 unspecified atom stereocenters. The summed E-state index contributed by atoms with van der Waals surface area (Å²) in [6, 6.07) is 2.62. The quantitative estimate of drug-likeness (QED) is 0.744. The summed E-state index contributed by atoms with van der Waals surface area (Å²) in [6.07, 6.45) is 3.15. The number of fused-ring (bicyclic) bond motifs is 3. The first-order valence-corrected chi connectivity index (χ1v) is 6.55. The molecule has 0 saturated carbocycles. The second-order valence-electron chi connectivity index (χ2n) is 5.67. The molecule has 2 aliphatic heterocycles. The molecule has 3 heterocycles. The molecule has 0 amide bonds. The van der Waals surface area contributed by atoms with Crippen LogP contribution in [0.15, 0.2) is 12.3 Å². The van der Waals surface area contributed by atoms with Gasteiger partial charge in [0.05, 0.1) is 6.04 Å². The van der Waals surface area contributed by atoms with E-state index in [2.05, 4.69) is 36.7 Å². The van der Waals surface area contributed by atoms with Crippen LogP contribution in [0, 0.1) is 5.92 Å². The molecule has 92 valence electrons. The molecule has 0 radical (unpaired) electrons. The standard InChI is InChI=1S/C14H20N2O/c1-9(2)12-4-5-15-14-13(12)17-8-11-6-10(3)7-16(11)14/h4-5,9-11H,6-8H2,1-3H3/t10-,11?/m1/s1. The third kappa shape index (κ3) is 1.68. The van der Waals surface area contributed by atoms with E-state index in [0.717, 1.165) is 30.6 Å². The monoisotopic (exact) mass is 232 g/mol. The van der Waals surface area contributed by atoms with Gasteiger partial charge in [-0.25, -0.2) is 4.98 Å². The van der Waals surface area contributed by atoms with Gasteiger partial charge >= 0.3 is 0 Å². The van der Waals surface area contributed by atoms with Gasteiger partial charge in [0.25, 0.3) is 0 Å². The fraction of sp³-hybridized carbons (Fsp3) is 0.643. The second kappa shape index (κ2) is 3.90. The molecule has 0 aliphatic carbocycles. The van der Waals surface area contributed by atoms with Crippen molar-refractivity contribution in [2.75, 3.05) is 18.1 Å². The predicted octanol–water partition coefficient (Wildman–Crippen LogP) is 2.81. The molecule has 3 rings (SSSR count). The lowest BCUT2D eigenvalue weighted by Gasteiger charge is -2.33. The van der Waals surface area contributed by atoms with Crippen molar-refractivity contribution >= 4 is 5.82 Å². The number of ether oxygens (including phenoxy) is 1. The molecular formula is C14H20N2O. The number of rotatable bonds is 1. The molecule has 1 aromatic rings. The Kier molecular flexibility index (Phi) is 2.49. The Labute approximate surface area is 103 Å². The van der Waals surface area contributed by atoms with Crippen molar-refractivity contribution in [3.8, 4) is 5.75 Å². The topological polar surface area (TPSA) is 25.4 Å². The maximum absolute atomic E-state index is 5.97. The zero-order chi connectivity index (χ0) is 12.0. The molecule has 3 nitrogen and oxygen atoms in total. The highest BCUT2D eigenvalue weighted by Crippen LogP contribution is 2.41. The summed E-state index contributed by atoms with van der Waals surface area (Å²) in [5.41, 5.74) is 1.29. The van der Waals surface area contributed by atoms with E-state index >= 15 is 0 Å². The van der Waals surface area contributed by atoms with E-state index in [-0.39, 0.29) is 0 Å². The van der Waals surface area contributed by atoms with Gasteiger partial charge in [-0.1, -0.05) is 20.8 Å². The highest BCUT2D eigenvalue weighted by molar-refractivity contribution is 5.60. The first kappa shape index (κ1) is 10.9. The molecule has 1 fully saturated rings. The summed E-state index contributed by atoms with van der Waals surface area (Å²) in [6.45, 7) is 8.66. The second-order valence-corrected chi connectivity index (χ2v) is 5.67. The van der Waals surface area contributed by atoms with Gasteiger partial charge in [-0.15, -0.1) is 0 Å². The zero-order valence-corrected chi connectivity index (χ0v) is 10.8. The predicted molar refractivity (Wildman–Crippen MR) is 68.7 cm³/mol. The average Bonchev–Trinajstić information content (AvgIpc) is 2.68. The van der Waals surface area contributed by atoms with Crippen LogP contribution < -0.4 is 9.64 Å². The Morgan fingerprint density at radius 1 is 1.47 bits per heavy atom. The first-order valence-electron chi connectivity index (χ1n) is 6.55. The van der Waals surface area contributed by atoms with E-state index in [1.807, 2.05) is 6.20 Å². The maximum atomic E-state index is 5.97. The number of pyridine rings is 1. The highest BCUT2D eigenvalue weighted by atomic mass is 16.5. The van der Waals surface area contributed by atoms with E-state index in [1.54, 1.807) is 0 Å². The fourth-order valence-corrected chi connectivity index (χ4v) is 3.01. The molecule has 0 aromatic carbocycles. The summed E-state index contributed by atoms with van der Waals surface area (Å²) < 4.78 is 5.97. The van der Waals surface area contributed by atoms with Crippen LogP contribution in [0.3, 0.4) is 0 Å². The number of nitrogens with zero attached hydrogens (tertiary/aromatic N) is 2. The molecular weight excluding hydrogens is 212 g/mol. The van der Waals surface area contributed by atoms with Gasteiger partial charge in [0, 0.05) is 18.3 Å². The van der Waals surface area contributed by atoms with Crippen LogP contribution in [0.5, 0.6) is 5.75 Å². The van der Waals surface area contributed by atoms with Crippen molar-refractivity contribution in [3.05, 3.63) is 17.8 Å². The summed E-state index contributed by atoms with van der Waals surface area (Å²) in [5.74, 6) is 3.33. The molecule has 2 atom stereocenters. The van der Waals surface area contributed by atoms with E-state index in [0.29, 0.717) is 12.0 Å². The van der Waals surface area contributed by atoms with Crippen LogP contribution in [-0.4, -0.2) is 24.2 Å². The van der Waals surface area contributed by atoms with Gasteiger partial charge < -0.3 is 9.64 Å². The fourth-order valence-electron chi connectivity index (χ4n) is 3.01. The van der Waals surface area contributed by atoms with Crippen LogP contribution in [-0.2, 0) is 0 Å². The van der Waals surface area contributed by atoms with Gasteiger partial charge in [-0.3, -0.25) is 0 Å². The molecule has 0 spiro atoms. The van der Waals surface area contributed by atoms with Crippen LogP contribution in [0.4, 0.5) is 5.82 Å². The lowest BCUT2D eigenvalue weighted by molar-refractivity contribution is 0.264. The van der Waals surface area contributed by atoms with Crippen molar-refractivity contribution in [1.82, 2.24) is 4.98 Å². The summed E-state index contributed by atoms with van der Waals surface area (Å²) in [4.78, 5) is 6.98. The molecule has 0 N–H and O–H groups in total. The SMILES string of the molecule is CC(C)c1ccnc2c1OCC1C[C@@H](C)CN21. The zero-order valence-electron chi connectivity index (χ0n) is 10.8. The first-order chi connectivity index (χ1) is 8.16. The number of anilines is 1. The van der Waals surface area contributed by atoms with Gasteiger partial charge in [-0.2, -0.15) is 0 Å². The van der Waals surface area contributed by atoms with E-state index < -0.39 is 0 Å². The summed E-state index contributed by atoms with van der Waals surface area (Å²) >= 11 is 0. The van der Waals surface area contributed by atoms with E-state index in [4.69, 9.17) is 4.74 Å². The molecule has 0 bridgehead atoms. The van der Waals surface area contributed by atoms with E-state index in [9.17, 15) is 0 Å². The minimum atomic E-state index is 0.489. The normalized spacial score (nSPS) is 26.7. The smallest absolute Gasteiger partial charge is 0.172 e. The Balaban J connectivity index is 2.04. The lowest BCUT2D eigenvalue weighted by Crippen LogP contribution is -2.39. The Bertz CT molecular complexity index is 430. The summed E-state index contributed by atoms with van der Waals surface area (Å²) in [5, 5.41) is 0. The van der Waals surface area contributed by atoms with Crippen molar-refractivity contribution < 1.29 is 4.74 Å².